The van der Waals surface area contributed by atoms with Crippen LogP contribution in [0.5, 0.6) is 0 Å². The van der Waals surface area contributed by atoms with Crippen molar-refractivity contribution in [3.63, 3.8) is 0 Å². The van der Waals surface area contributed by atoms with E-state index < -0.39 is 29.0 Å². The van der Waals surface area contributed by atoms with E-state index >= 15 is 0 Å². The highest BCUT2D eigenvalue weighted by Crippen LogP contribution is 2.36. The number of esters is 1. The Morgan fingerprint density at radius 3 is 2.38 bits per heavy atom. The number of carbonyl (C=O) groups is 2. The molecule has 0 aromatic heterocycles. The number of non-ortho nitro benzene ring substituents is 1. The second-order valence-corrected chi connectivity index (χ2v) is 8.27. The second kappa shape index (κ2) is 9.97. The van der Waals surface area contributed by atoms with Crippen LogP contribution in [0.4, 0.5) is 5.69 Å². The molecule has 1 amide bonds. The second-order valence-electron chi connectivity index (χ2n) is 7.83. The van der Waals surface area contributed by atoms with Crippen molar-refractivity contribution in [1.29, 1.82) is 0 Å². The Morgan fingerprint density at radius 2 is 1.81 bits per heavy atom. The molecule has 8 nitrogen and oxygen atoms in total. The monoisotopic (exact) mass is 456 g/mol. The van der Waals surface area contributed by atoms with Crippen molar-refractivity contribution in [1.82, 2.24) is 4.90 Å². The van der Waals surface area contributed by atoms with Gasteiger partial charge >= 0.3 is 5.97 Å². The Labute approximate surface area is 190 Å². The third-order valence-electron chi connectivity index (χ3n) is 5.65. The molecule has 2 aromatic rings. The quantitative estimate of drug-likeness (QED) is 0.154. The van der Waals surface area contributed by atoms with Gasteiger partial charge in [-0.05, 0) is 30.2 Å². The molecule has 1 aliphatic rings. The molecule has 1 N–H and O–H groups in total. The Morgan fingerprint density at radius 1 is 1.19 bits per heavy atom. The molecule has 0 aliphatic carbocycles. The van der Waals surface area contributed by atoms with E-state index in [1.54, 1.807) is 6.92 Å². The molecule has 4 unspecified atom stereocenters. The number of hydrogen-bond acceptors (Lipinski definition) is 7. The summed E-state index contributed by atoms with van der Waals surface area (Å²) in [6, 6.07) is 14.7. The van der Waals surface area contributed by atoms with Gasteiger partial charge in [0.15, 0.2) is 0 Å². The summed E-state index contributed by atoms with van der Waals surface area (Å²) in [5.74, 6) is -1.83. The summed E-state index contributed by atoms with van der Waals surface area (Å²) in [5, 5.41) is 20.8. The number of hydrogen-bond donors (Lipinski definition) is 1. The lowest BCUT2D eigenvalue weighted by Crippen LogP contribution is -2.68. The normalized spacial score (nSPS) is 19.6. The average molecular weight is 457 g/mol. The first-order chi connectivity index (χ1) is 15.2. The van der Waals surface area contributed by atoms with Crippen LogP contribution in [0, 0.1) is 22.0 Å². The van der Waals surface area contributed by atoms with E-state index in [-0.39, 0.29) is 30.7 Å². The van der Waals surface area contributed by atoms with Gasteiger partial charge in [-0.2, -0.15) is 0 Å². The largest absolute Gasteiger partial charge is 0.459 e. The first kappa shape index (κ1) is 23.5. The van der Waals surface area contributed by atoms with E-state index in [0.717, 1.165) is 5.56 Å². The molecule has 1 aliphatic heterocycles. The van der Waals surface area contributed by atoms with E-state index in [0.29, 0.717) is 10.4 Å². The maximum absolute atomic E-state index is 12.6. The van der Waals surface area contributed by atoms with Crippen molar-refractivity contribution < 1.29 is 24.4 Å². The Bertz CT molecular complexity index is 1010. The lowest BCUT2D eigenvalue weighted by molar-refractivity contribution is -0.384. The molecule has 0 saturated carbocycles. The van der Waals surface area contributed by atoms with E-state index in [1.165, 1.54) is 29.2 Å². The van der Waals surface area contributed by atoms with E-state index in [4.69, 9.17) is 17.0 Å². The Balaban J connectivity index is 1.65. The predicted molar refractivity (Wildman–Crippen MR) is 121 cm³/mol. The number of aliphatic hydroxyl groups excluding tert-OH is 1. The minimum Gasteiger partial charge on any atom is -0.459 e. The number of nitro groups is 1. The third kappa shape index (κ3) is 5.00. The molecule has 0 bridgehead atoms. The van der Waals surface area contributed by atoms with Crippen LogP contribution < -0.4 is 0 Å². The molecule has 1 fully saturated rings. The van der Waals surface area contributed by atoms with Crippen LogP contribution in [0.2, 0.25) is 0 Å². The van der Waals surface area contributed by atoms with Crippen LogP contribution in [-0.2, 0) is 20.9 Å². The Hall–Kier alpha value is -3.17. The van der Waals surface area contributed by atoms with Gasteiger partial charge in [0.25, 0.3) is 5.69 Å². The average Bonchev–Trinajstić information content (AvgIpc) is 2.78. The summed E-state index contributed by atoms with van der Waals surface area (Å²) in [6.07, 6.45) is -0.874. The molecular weight excluding hydrogens is 432 g/mol. The number of ether oxygens (including phenoxy) is 1. The molecule has 0 radical (unpaired) electrons. The van der Waals surface area contributed by atoms with Crippen molar-refractivity contribution in [2.45, 2.75) is 32.6 Å². The van der Waals surface area contributed by atoms with Crippen LogP contribution in [0.3, 0.4) is 0 Å². The highest BCUT2D eigenvalue weighted by Gasteiger charge is 2.53. The summed E-state index contributed by atoms with van der Waals surface area (Å²) in [7, 11) is 0. The zero-order valence-corrected chi connectivity index (χ0v) is 18.5. The number of rotatable bonds is 9. The van der Waals surface area contributed by atoms with Gasteiger partial charge in [-0.25, -0.2) is 0 Å². The fourth-order valence-electron chi connectivity index (χ4n) is 3.94. The molecule has 2 aromatic carbocycles. The minimum absolute atomic E-state index is 0.0540. The Kier molecular flexibility index (Phi) is 7.32. The molecule has 9 heteroatoms. The standard InChI is InChI=1S/C23H24N2O6S/c1-14(22(32)17-6-4-3-5-7-17)21-20(15(2)26)23(28)24(21)12-19(27)31-13-16-8-10-18(11-9-16)25(29)30/h3-11,14-15,20-21,26H,12-13H2,1-2H3. The summed E-state index contributed by atoms with van der Waals surface area (Å²) in [4.78, 5) is 37.3. The zero-order chi connectivity index (χ0) is 23.4. The highest BCUT2D eigenvalue weighted by atomic mass is 32.1. The number of amides is 1. The van der Waals surface area contributed by atoms with Gasteiger partial charge in [-0.1, -0.05) is 49.5 Å². The number of benzene rings is 2. The van der Waals surface area contributed by atoms with Crippen LogP contribution in [0.15, 0.2) is 54.6 Å². The van der Waals surface area contributed by atoms with Gasteiger partial charge in [0, 0.05) is 22.9 Å². The first-order valence-corrected chi connectivity index (χ1v) is 10.6. The molecule has 0 spiro atoms. The lowest BCUT2D eigenvalue weighted by Gasteiger charge is -2.50. The predicted octanol–water partition coefficient (Wildman–Crippen LogP) is 2.90. The van der Waals surface area contributed by atoms with Crippen LogP contribution in [0.25, 0.3) is 0 Å². The molecule has 168 valence electrons. The number of β-lactam (4-membered cyclic amide) rings is 1. The van der Waals surface area contributed by atoms with E-state index in [9.17, 15) is 24.8 Å². The van der Waals surface area contributed by atoms with E-state index in [1.807, 2.05) is 37.3 Å². The highest BCUT2D eigenvalue weighted by molar-refractivity contribution is 7.80. The summed E-state index contributed by atoms with van der Waals surface area (Å²) >= 11 is 5.62. The maximum atomic E-state index is 12.6. The molecular formula is C23H24N2O6S. The van der Waals surface area contributed by atoms with Gasteiger partial charge in [-0.3, -0.25) is 19.7 Å². The van der Waals surface area contributed by atoms with Crippen molar-refractivity contribution in [3.05, 3.63) is 75.8 Å². The van der Waals surface area contributed by atoms with Crippen molar-refractivity contribution in [2.75, 3.05) is 6.54 Å². The van der Waals surface area contributed by atoms with Gasteiger partial charge in [0.05, 0.1) is 23.0 Å². The summed E-state index contributed by atoms with van der Waals surface area (Å²) in [5.41, 5.74) is 1.40. The summed E-state index contributed by atoms with van der Waals surface area (Å²) in [6.45, 7) is 3.11. The molecule has 1 saturated heterocycles. The van der Waals surface area contributed by atoms with Crippen LogP contribution in [0.1, 0.15) is 25.0 Å². The van der Waals surface area contributed by atoms with Gasteiger partial charge < -0.3 is 14.7 Å². The fraction of sp³-hybridized carbons (Fsp3) is 0.348. The van der Waals surface area contributed by atoms with Crippen molar-refractivity contribution >= 4 is 34.6 Å². The van der Waals surface area contributed by atoms with Gasteiger partial charge in [-0.15, -0.1) is 0 Å². The number of thiocarbonyl (C=S) groups is 1. The topological polar surface area (TPSA) is 110 Å². The molecule has 1 heterocycles. The van der Waals surface area contributed by atoms with Crippen LogP contribution >= 0.6 is 12.2 Å². The zero-order valence-electron chi connectivity index (χ0n) is 17.7. The van der Waals surface area contributed by atoms with Gasteiger partial charge in [0.2, 0.25) is 5.91 Å². The summed E-state index contributed by atoms with van der Waals surface area (Å²) < 4.78 is 5.25. The van der Waals surface area contributed by atoms with E-state index in [2.05, 4.69) is 0 Å². The van der Waals surface area contributed by atoms with Crippen LogP contribution in [-0.4, -0.2) is 50.4 Å². The number of nitro benzene ring substituents is 1. The third-order valence-corrected chi connectivity index (χ3v) is 6.25. The molecule has 4 atom stereocenters. The molecule has 3 rings (SSSR count). The molecule has 32 heavy (non-hydrogen) atoms. The van der Waals surface area contributed by atoms with Crippen molar-refractivity contribution in [2.24, 2.45) is 11.8 Å². The van der Waals surface area contributed by atoms with Gasteiger partial charge in [0.1, 0.15) is 13.2 Å². The number of likely N-dealkylation sites (tertiary alicyclic amines) is 1. The smallest absolute Gasteiger partial charge is 0.325 e. The first-order valence-electron chi connectivity index (χ1n) is 10.2. The SMILES string of the molecule is CC(O)C1C(=O)N(CC(=O)OCc2ccc([N+](=O)[O-])cc2)C1C(C)C(=S)c1ccccc1. The maximum Gasteiger partial charge on any atom is 0.325 e. The number of nitrogens with zero attached hydrogens (tertiary/aromatic N) is 2. The lowest BCUT2D eigenvalue weighted by atomic mass is 9.74. The fourth-order valence-corrected chi connectivity index (χ4v) is 4.21. The number of aliphatic hydroxyl groups is 1. The van der Waals surface area contributed by atoms with Crippen molar-refractivity contribution in [3.8, 4) is 0 Å². The minimum atomic E-state index is -0.874. The number of carbonyl (C=O) groups excluding carboxylic acids is 2.